The lowest BCUT2D eigenvalue weighted by Gasteiger charge is -2.13. The molecule has 1 rings (SSSR count). The van der Waals surface area contributed by atoms with E-state index in [1.54, 1.807) is 14.1 Å². The Morgan fingerprint density at radius 3 is 2.44 bits per heavy atom. The van der Waals surface area contributed by atoms with Crippen molar-refractivity contribution in [1.29, 1.82) is 0 Å². The number of carbonyl (C=O) groups excluding carboxylic acids is 1. The van der Waals surface area contributed by atoms with E-state index in [1.807, 2.05) is 0 Å². The van der Waals surface area contributed by atoms with Gasteiger partial charge in [0.25, 0.3) is 0 Å². The normalized spacial score (nSPS) is 10.2. The molecule has 2 N–H and O–H groups in total. The van der Waals surface area contributed by atoms with Crippen molar-refractivity contribution in [3.05, 3.63) is 35.4 Å². The van der Waals surface area contributed by atoms with Gasteiger partial charge in [0.1, 0.15) is 0 Å². The van der Waals surface area contributed by atoms with Crippen molar-refractivity contribution in [2.75, 3.05) is 27.2 Å². The highest BCUT2D eigenvalue weighted by atomic mass is 16.2. The SMILES string of the molecule is CCc1ccccc1CNCCNC(=O)N(C)C. The number of hydrogen-bond acceptors (Lipinski definition) is 2. The molecule has 0 bridgehead atoms. The molecule has 0 aromatic heterocycles. The van der Waals surface area contributed by atoms with Gasteiger partial charge in [0, 0.05) is 33.7 Å². The second-order valence-corrected chi connectivity index (χ2v) is 4.43. The minimum Gasteiger partial charge on any atom is -0.337 e. The van der Waals surface area contributed by atoms with E-state index in [0.29, 0.717) is 6.54 Å². The smallest absolute Gasteiger partial charge is 0.316 e. The van der Waals surface area contributed by atoms with Crippen molar-refractivity contribution in [1.82, 2.24) is 15.5 Å². The molecule has 0 atom stereocenters. The summed E-state index contributed by atoms with van der Waals surface area (Å²) in [5, 5.41) is 6.16. The van der Waals surface area contributed by atoms with E-state index in [9.17, 15) is 4.79 Å². The third-order valence-electron chi connectivity index (χ3n) is 2.80. The van der Waals surface area contributed by atoms with Crippen LogP contribution >= 0.6 is 0 Å². The van der Waals surface area contributed by atoms with E-state index < -0.39 is 0 Å². The number of rotatable bonds is 6. The highest BCUT2D eigenvalue weighted by Gasteiger charge is 2.01. The first kappa shape index (κ1) is 14.5. The quantitative estimate of drug-likeness (QED) is 0.752. The molecule has 0 saturated carbocycles. The summed E-state index contributed by atoms with van der Waals surface area (Å²) >= 11 is 0. The molecule has 0 aliphatic rings. The van der Waals surface area contributed by atoms with E-state index >= 15 is 0 Å². The van der Waals surface area contributed by atoms with Gasteiger partial charge in [-0.3, -0.25) is 0 Å². The summed E-state index contributed by atoms with van der Waals surface area (Å²) in [6.07, 6.45) is 1.05. The third kappa shape index (κ3) is 4.75. The minimum absolute atomic E-state index is 0.0502. The molecule has 100 valence electrons. The fraction of sp³-hybridized carbons (Fsp3) is 0.500. The molecule has 0 heterocycles. The van der Waals surface area contributed by atoms with Crippen LogP contribution in [0.15, 0.2) is 24.3 Å². The van der Waals surface area contributed by atoms with Crippen LogP contribution in [0.3, 0.4) is 0 Å². The Kier molecular flexibility index (Phi) is 6.22. The molecule has 1 aromatic carbocycles. The van der Waals surface area contributed by atoms with Gasteiger partial charge in [0.15, 0.2) is 0 Å². The van der Waals surface area contributed by atoms with Crippen molar-refractivity contribution in [3.63, 3.8) is 0 Å². The van der Waals surface area contributed by atoms with Gasteiger partial charge in [-0.2, -0.15) is 0 Å². The molecular formula is C14H23N3O. The second-order valence-electron chi connectivity index (χ2n) is 4.43. The fourth-order valence-electron chi connectivity index (χ4n) is 1.71. The number of hydrogen-bond donors (Lipinski definition) is 2. The molecule has 4 heteroatoms. The molecule has 0 aliphatic carbocycles. The zero-order valence-corrected chi connectivity index (χ0v) is 11.5. The van der Waals surface area contributed by atoms with Crippen LogP contribution in [-0.4, -0.2) is 38.1 Å². The van der Waals surface area contributed by atoms with E-state index in [1.165, 1.54) is 16.0 Å². The summed E-state index contributed by atoms with van der Waals surface area (Å²) in [6, 6.07) is 8.38. The zero-order chi connectivity index (χ0) is 13.4. The summed E-state index contributed by atoms with van der Waals surface area (Å²) in [5.41, 5.74) is 2.71. The van der Waals surface area contributed by atoms with E-state index in [2.05, 4.69) is 41.8 Å². The lowest BCUT2D eigenvalue weighted by molar-refractivity contribution is 0.217. The van der Waals surface area contributed by atoms with Crippen molar-refractivity contribution in [2.45, 2.75) is 19.9 Å². The van der Waals surface area contributed by atoms with Gasteiger partial charge in [-0.1, -0.05) is 31.2 Å². The average molecular weight is 249 g/mol. The predicted molar refractivity (Wildman–Crippen MR) is 74.6 cm³/mol. The molecule has 0 spiro atoms. The Hall–Kier alpha value is -1.55. The van der Waals surface area contributed by atoms with Crippen molar-refractivity contribution in [3.8, 4) is 0 Å². The average Bonchev–Trinajstić information content (AvgIpc) is 2.38. The van der Waals surface area contributed by atoms with E-state index in [0.717, 1.165) is 19.5 Å². The molecule has 0 fully saturated rings. The van der Waals surface area contributed by atoms with Crippen LogP contribution in [-0.2, 0) is 13.0 Å². The first-order valence-corrected chi connectivity index (χ1v) is 6.37. The highest BCUT2D eigenvalue weighted by Crippen LogP contribution is 2.08. The van der Waals surface area contributed by atoms with Crippen molar-refractivity contribution < 1.29 is 4.79 Å². The first-order valence-electron chi connectivity index (χ1n) is 6.37. The fourth-order valence-corrected chi connectivity index (χ4v) is 1.71. The van der Waals surface area contributed by atoms with Crippen LogP contribution in [0.5, 0.6) is 0 Å². The summed E-state index contributed by atoms with van der Waals surface area (Å²) in [6.45, 7) is 4.43. The van der Waals surface area contributed by atoms with Crippen molar-refractivity contribution in [2.24, 2.45) is 0 Å². The standard InChI is InChI=1S/C14H23N3O/c1-4-12-7-5-6-8-13(12)11-15-9-10-16-14(18)17(2)3/h5-8,15H,4,9-11H2,1-3H3,(H,16,18). The molecule has 0 unspecified atom stereocenters. The minimum atomic E-state index is -0.0502. The Morgan fingerprint density at radius 1 is 1.17 bits per heavy atom. The van der Waals surface area contributed by atoms with Gasteiger partial charge in [-0.15, -0.1) is 0 Å². The van der Waals surface area contributed by atoms with Crippen LogP contribution in [0.4, 0.5) is 4.79 Å². The van der Waals surface area contributed by atoms with E-state index in [-0.39, 0.29) is 6.03 Å². The van der Waals surface area contributed by atoms with Crippen molar-refractivity contribution >= 4 is 6.03 Å². The van der Waals surface area contributed by atoms with Gasteiger partial charge in [-0.25, -0.2) is 4.79 Å². The van der Waals surface area contributed by atoms with Crippen LogP contribution in [0.25, 0.3) is 0 Å². The molecule has 18 heavy (non-hydrogen) atoms. The Morgan fingerprint density at radius 2 is 1.83 bits per heavy atom. The summed E-state index contributed by atoms with van der Waals surface area (Å²) < 4.78 is 0. The second kappa shape index (κ2) is 7.71. The Bertz CT molecular complexity index is 377. The summed E-state index contributed by atoms with van der Waals surface area (Å²) in [4.78, 5) is 12.8. The van der Waals surface area contributed by atoms with Crippen LogP contribution < -0.4 is 10.6 Å². The maximum absolute atomic E-state index is 11.3. The monoisotopic (exact) mass is 249 g/mol. The maximum atomic E-state index is 11.3. The van der Waals surface area contributed by atoms with Gasteiger partial charge in [0.2, 0.25) is 0 Å². The zero-order valence-electron chi connectivity index (χ0n) is 11.5. The number of nitrogens with one attached hydrogen (secondary N) is 2. The predicted octanol–water partition coefficient (Wildman–Crippen LogP) is 1.61. The number of amides is 2. The Balaban J connectivity index is 2.24. The number of aryl methyl sites for hydroxylation is 1. The molecule has 4 nitrogen and oxygen atoms in total. The molecule has 2 amide bonds. The lowest BCUT2D eigenvalue weighted by atomic mass is 10.1. The number of nitrogens with zero attached hydrogens (tertiary/aromatic N) is 1. The highest BCUT2D eigenvalue weighted by molar-refractivity contribution is 5.73. The topological polar surface area (TPSA) is 44.4 Å². The molecule has 1 aromatic rings. The molecule has 0 saturated heterocycles. The number of carbonyl (C=O) groups is 1. The number of benzene rings is 1. The molecule has 0 radical (unpaired) electrons. The third-order valence-corrected chi connectivity index (χ3v) is 2.80. The lowest BCUT2D eigenvalue weighted by Crippen LogP contribution is -2.38. The van der Waals surface area contributed by atoms with Crippen LogP contribution in [0.2, 0.25) is 0 Å². The van der Waals surface area contributed by atoms with E-state index in [4.69, 9.17) is 0 Å². The Labute approximate surface area is 109 Å². The largest absolute Gasteiger partial charge is 0.337 e. The van der Waals surface area contributed by atoms with Gasteiger partial charge >= 0.3 is 6.03 Å². The number of urea groups is 1. The molecular weight excluding hydrogens is 226 g/mol. The maximum Gasteiger partial charge on any atom is 0.316 e. The van der Waals surface area contributed by atoms with Crippen LogP contribution in [0, 0.1) is 0 Å². The molecule has 0 aliphatic heterocycles. The first-order chi connectivity index (χ1) is 8.65. The van der Waals surface area contributed by atoms with Gasteiger partial charge < -0.3 is 15.5 Å². The van der Waals surface area contributed by atoms with Gasteiger partial charge in [0.05, 0.1) is 0 Å². The van der Waals surface area contributed by atoms with Crippen LogP contribution in [0.1, 0.15) is 18.1 Å². The van der Waals surface area contributed by atoms with Gasteiger partial charge in [-0.05, 0) is 17.5 Å². The summed E-state index contributed by atoms with van der Waals surface area (Å²) in [7, 11) is 3.47. The summed E-state index contributed by atoms with van der Waals surface area (Å²) in [5.74, 6) is 0.